The van der Waals surface area contributed by atoms with E-state index in [2.05, 4.69) is 23.1 Å². The van der Waals surface area contributed by atoms with Gasteiger partial charge in [0.15, 0.2) is 0 Å². The first-order chi connectivity index (χ1) is 13.7. The Labute approximate surface area is 164 Å². The molecule has 1 saturated heterocycles. The number of hydrogen-bond acceptors (Lipinski definition) is 4. The van der Waals surface area contributed by atoms with Gasteiger partial charge in [-0.1, -0.05) is 24.3 Å². The summed E-state index contributed by atoms with van der Waals surface area (Å²) in [5.74, 6) is 1.25. The molecule has 1 fully saturated rings. The average Bonchev–Trinajstić information content (AvgIpc) is 3.27. The summed E-state index contributed by atoms with van der Waals surface area (Å²) in [5.41, 5.74) is 2.58. The first kappa shape index (κ1) is 18.2. The molecule has 0 N–H and O–H groups in total. The van der Waals surface area contributed by atoms with Crippen molar-refractivity contribution in [2.24, 2.45) is 5.92 Å². The Morgan fingerprint density at radius 3 is 2.93 bits per heavy atom. The van der Waals surface area contributed by atoms with E-state index < -0.39 is 0 Å². The number of rotatable bonds is 5. The van der Waals surface area contributed by atoms with Crippen molar-refractivity contribution in [3.63, 3.8) is 0 Å². The number of aryl methyl sites for hydroxylation is 1. The molecule has 144 valence electrons. The molecule has 0 spiro atoms. The normalized spacial score (nSPS) is 16.8. The molecule has 1 aliphatic heterocycles. The molecule has 2 aromatic carbocycles. The van der Waals surface area contributed by atoms with Gasteiger partial charge in [0.05, 0.1) is 17.9 Å². The highest BCUT2D eigenvalue weighted by atomic mass is 16.5. The van der Waals surface area contributed by atoms with Crippen LogP contribution in [-0.4, -0.2) is 45.3 Å². The van der Waals surface area contributed by atoms with Crippen LogP contribution in [0.4, 0.5) is 0 Å². The molecule has 6 nitrogen and oxygen atoms in total. The number of carbonyl (C=O) groups is 1. The van der Waals surface area contributed by atoms with E-state index in [0.29, 0.717) is 24.6 Å². The molecule has 28 heavy (non-hydrogen) atoms. The highest BCUT2D eigenvalue weighted by Gasteiger charge is 2.26. The maximum absolute atomic E-state index is 13.2. The summed E-state index contributed by atoms with van der Waals surface area (Å²) in [6.45, 7) is 4.15. The molecular formula is C22H24N4O2. The topological polar surface area (TPSA) is 60.2 Å². The molecule has 4 rings (SSSR count). The van der Waals surface area contributed by atoms with E-state index in [1.54, 1.807) is 11.0 Å². The number of para-hydroxylation sites is 1. The third-order valence-corrected chi connectivity index (χ3v) is 5.08. The summed E-state index contributed by atoms with van der Waals surface area (Å²) in [4.78, 5) is 19.1. The van der Waals surface area contributed by atoms with Crippen LogP contribution in [0.3, 0.4) is 0 Å². The fourth-order valence-corrected chi connectivity index (χ4v) is 3.66. The zero-order chi connectivity index (χ0) is 19.3. The van der Waals surface area contributed by atoms with Crippen LogP contribution in [0.1, 0.15) is 28.8 Å². The molecular weight excluding hydrogens is 352 g/mol. The van der Waals surface area contributed by atoms with Crippen molar-refractivity contribution in [3.05, 3.63) is 72.3 Å². The fraction of sp³-hybridized carbons (Fsp3) is 0.318. The lowest BCUT2D eigenvalue weighted by molar-refractivity contribution is 0.0633. The average molecular weight is 376 g/mol. The molecule has 1 unspecified atom stereocenters. The van der Waals surface area contributed by atoms with Crippen molar-refractivity contribution < 1.29 is 9.53 Å². The predicted octanol–water partition coefficient (Wildman–Crippen LogP) is 3.51. The number of nitrogens with zero attached hydrogens (tertiary/aromatic N) is 4. The summed E-state index contributed by atoms with van der Waals surface area (Å²) < 4.78 is 7.62. The quantitative estimate of drug-likeness (QED) is 0.684. The summed E-state index contributed by atoms with van der Waals surface area (Å²) in [6.07, 6.45) is 5.14. The molecule has 0 aliphatic carbocycles. The molecule has 3 aromatic rings. The maximum Gasteiger partial charge on any atom is 0.256 e. The number of likely N-dealkylation sites (tertiary alicyclic amines) is 1. The molecule has 1 aromatic heterocycles. The van der Waals surface area contributed by atoms with E-state index in [1.807, 2.05) is 47.4 Å². The van der Waals surface area contributed by atoms with Crippen LogP contribution >= 0.6 is 0 Å². The van der Waals surface area contributed by atoms with Gasteiger partial charge in [-0.05, 0) is 49.6 Å². The fourth-order valence-electron chi connectivity index (χ4n) is 3.66. The Bertz CT molecular complexity index is 939. The van der Waals surface area contributed by atoms with E-state index in [4.69, 9.17) is 4.74 Å². The summed E-state index contributed by atoms with van der Waals surface area (Å²) in [7, 11) is 0. The lowest BCUT2D eigenvalue weighted by atomic mass is 9.98. The zero-order valence-corrected chi connectivity index (χ0v) is 16.0. The molecule has 0 radical (unpaired) electrons. The standard InChI is InChI=1S/C22H24N4O2/c1-17-6-4-8-19(12-17)28-14-18-7-5-11-25(13-18)22(27)20-9-2-3-10-21(20)26-16-23-15-24-26/h2-4,6,8-10,12,15-16,18H,5,7,11,13-14H2,1H3. The third-order valence-electron chi connectivity index (χ3n) is 5.08. The summed E-state index contributed by atoms with van der Waals surface area (Å²) in [5, 5.41) is 4.17. The van der Waals surface area contributed by atoms with E-state index in [1.165, 1.54) is 11.9 Å². The minimum atomic E-state index is 0.0337. The number of aromatic nitrogens is 3. The van der Waals surface area contributed by atoms with Gasteiger partial charge in [0.25, 0.3) is 5.91 Å². The Morgan fingerprint density at radius 1 is 1.21 bits per heavy atom. The minimum Gasteiger partial charge on any atom is -0.493 e. The highest BCUT2D eigenvalue weighted by Crippen LogP contribution is 2.23. The third kappa shape index (κ3) is 4.06. The number of benzene rings is 2. The molecule has 2 heterocycles. The monoisotopic (exact) mass is 376 g/mol. The number of carbonyl (C=O) groups excluding carboxylic acids is 1. The van der Waals surface area contributed by atoms with Gasteiger partial charge in [0.2, 0.25) is 0 Å². The first-order valence-electron chi connectivity index (χ1n) is 9.63. The summed E-state index contributed by atoms with van der Waals surface area (Å²) >= 11 is 0. The molecule has 0 saturated carbocycles. The smallest absolute Gasteiger partial charge is 0.256 e. The largest absolute Gasteiger partial charge is 0.493 e. The van der Waals surface area contributed by atoms with E-state index in [9.17, 15) is 4.79 Å². The van der Waals surface area contributed by atoms with Crippen LogP contribution in [0, 0.1) is 12.8 Å². The van der Waals surface area contributed by atoms with Crippen LogP contribution in [0.25, 0.3) is 5.69 Å². The second-order valence-electron chi connectivity index (χ2n) is 7.24. The van der Waals surface area contributed by atoms with Gasteiger partial charge in [0, 0.05) is 19.0 Å². The van der Waals surface area contributed by atoms with Crippen LogP contribution in [0.15, 0.2) is 61.2 Å². The van der Waals surface area contributed by atoms with Gasteiger partial charge in [-0.2, -0.15) is 5.10 Å². The van der Waals surface area contributed by atoms with E-state index in [0.717, 1.165) is 30.8 Å². The van der Waals surface area contributed by atoms with Crippen LogP contribution in [0.2, 0.25) is 0 Å². The minimum absolute atomic E-state index is 0.0337. The van der Waals surface area contributed by atoms with Gasteiger partial charge in [-0.25, -0.2) is 9.67 Å². The predicted molar refractivity (Wildman–Crippen MR) is 107 cm³/mol. The van der Waals surface area contributed by atoms with Crippen molar-refractivity contribution in [3.8, 4) is 11.4 Å². The van der Waals surface area contributed by atoms with E-state index in [-0.39, 0.29) is 5.91 Å². The molecule has 0 bridgehead atoms. The number of ether oxygens (including phenoxy) is 1. The Hall–Kier alpha value is -3.15. The van der Waals surface area contributed by atoms with Gasteiger partial charge in [-0.15, -0.1) is 0 Å². The maximum atomic E-state index is 13.2. The van der Waals surface area contributed by atoms with Crippen molar-refractivity contribution in [1.82, 2.24) is 19.7 Å². The van der Waals surface area contributed by atoms with Crippen LogP contribution in [-0.2, 0) is 0 Å². The van der Waals surface area contributed by atoms with Crippen LogP contribution < -0.4 is 4.74 Å². The first-order valence-corrected chi connectivity index (χ1v) is 9.63. The van der Waals surface area contributed by atoms with E-state index >= 15 is 0 Å². The van der Waals surface area contributed by atoms with Gasteiger partial charge >= 0.3 is 0 Å². The molecule has 1 aliphatic rings. The number of piperidine rings is 1. The Balaban J connectivity index is 1.44. The SMILES string of the molecule is Cc1cccc(OCC2CCCN(C(=O)c3ccccc3-n3cncn3)C2)c1. The van der Waals surface area contributed by atoms with Crippen LogP contribution in [0.5, 0.6) is 5.75 Å². The van der Waals surface area contributed by atoms with Gasteiger partial charge in [0.1, 0.15) is 18.4 Å². The number of amides is 1. The second-order valence-corrected chi connectivity index (χ2v) is 7.24. The van der Waals surface area contributed by atoms with Crippen molar-refractivity contribution >= 4 is 5.91 Å². The summed E-state index contributed by atoms with van der Waals surface area (Å²) in [6, 6.07) is 15.6. The van der Waals surface area contributed by atoms with Crippen molar-refractivity contribution in [2.45, 2.75) is 19.8 Å². The molecule has 6 heteroatoms. The van der Waals surface area contributed by atoms with Crippen molar-refractivity contribution in [1.29, 1.82) is 0 Å². The second kappa shape index (κ2) is 8.25. The lowest BCUT2D eigenvalue weighted by Crippen LogP contribution is -2.41. The zero-order valence-electron chi connectivity index (χ0n) is 16.0. The van der Waals surface area contributed by atoms with Gasteiger partial charge in [-0.3, -0.25) is 4.79 Å². The molecule has 1 amide bonds. The van der Waals surface area contributed by atoms with Gasteiger partial charge < -0.3 is 9.64 Å². The Kier molecular flexibility index (Phi) is 5.37. The lowest BCUT2D eigenvalue weighted by Gasteiger charge is -2.33. The highest BCUT2D eigenvalue weighted by molar-refractivity contribution is 5.97. The molecule has 1 atom stereocenters. The van der Waals surface area contributed by atoms with Crippen molar-refractivity contribution in [2.75, 3.05) is 19.7 Å². The Morgan fingerprint density at radius 2 is 2.11 bits per heavy atom. The number of hydrogen-bond donors (Lipinski definition) is 0.